The maximum absolute atomic E-state index is 12.1. The molecule has 0 radical (unpaired) electrons. The molecular formula is C12H24N2O2. The van der Waals surface area contributed by atoms with E-state index in [1.165, 1.54) is 0 Å². The molecule has 0 bridgehead atoms. The Hall–Kier alpha value is -0.610. The fraction of sp³-hybridized carbons (Fsp3) is 0.917. The smallest absolute Gasteiger partial charge is 0.239 e. The highest BCUT2D eigenvalue weighted by Crippen LogP contribution is 2.20. The summed E-state index contributed by atoms with van der Waals surface area (Å²) in [4.78, 5) is 13.9. The van der Waals surface area contributed by atoms with Gasteiger partial charge >= 0.3 is 0 Å². The van der Waals surface area contributed by atoms with Crippen LogP contribution in [-0.2, 0) is 9.53 Å². The number of nitrogens with zero attached hydrogens (tertiary/aromatic N) is 1. The van der Waals surface area contributed by atoms with Gasteiger partial charge in [0.15, 0.2) is 0 Å². The van der Waals surface area contributed by atoms with E-state index in [1.54, 1.807) is 4.90 Å². The van der Waals surface area contributed by atoms with Crippen molar-refractivity contribution in [1.82, 2.24) is 4.90 Å². The molecule has 0 aromatic carbocycles. The SMILES string of the molecule is CCC(C)[C@H](N)C(=O)N(C)C1CCOC1C. The first-order valence-corrected chi connectivity index (χ1v) is 6.12. The summed E-state index contributed by atoms with van der Waals surface area (Å²) < 4.78 is 5.47. The second kappa shape index (κ2) is 5.64. The van der Waals surface area contributed by atoms with Gasteiger partial charge in [-0.3, -0.25) is 4.79 Å². The normalized spacial score (nSPS) is 28.8. The molecular weight excluding hydrogens is 204 g/mol. The van der Waals surface area contributed by atoms with E-state index in [0.29, 0.717) is 0 Å². The predicted molar refractivity (Wildman–Crippen MR) is 64.0 cm³/mol. The largest absolute Gasteiger partial charge is 0.376 e. The van der Waals surface area contributed by atoms with Gasteiger partial charge in [0.1, 0.15) is 0 Å². The summed E-state index contributed by atoms with van der Waals surface area (Å²) in [6, 6.07) is -0.203. The van der Waals surface area contributed by atoms with E-state index in [4.69, 9.17) is 10.5 Å². The number of ether oxygens (including phenoxy) is 1. The average molecular weight is 228 g/mol. The fourth-order valence-corrected chi connectivity index (χ4v) is 2.12. The van der Waals surface area contributed by atoms with Crippen LogP contribution in [0.15, 0.2) is 0 Å². The second-order valence-electron chi connectivity index (χ2n) is 4.79. The molecule has 0 aliphatic carbocycles. The highest BCUT2D eigenvalue weighted by molar-refractivity contribution is 5.82. The Morgan fingerprint density at radius 1 is 1.62 bits per heavy atom. The minimum Gasteiger partial charge on any atom is -0.376 e. The molecule has 2 N–H and O–H groups in total. The van der Waals surface area contributed by atoms with Crippen LogP contribution in [0.1, 0.15) is 33.6 Å². The minimum absolute atomic E-state index is 0.0386. The molecule has 16 heavy (non-hydrogen) atoms. The zero-order valence-corrected chi connectivity index (χ0v) is 10.8. The minimum atomic E-state index is -0.386. The third-order valence-corrected chi connectivity index (χ3v) is 3.72. The molecule has 4 heteroatoms. The third kappa shape index (κ3) is 2.74. The number of hydrogen-bond donors (Lipinski definition) is 1. The van der Waals surface area contributed by atoms with Gasteiger partial charge in [0.05, 0.1) is 18.2 Å². The van der Waals surface area contributed by atoms with Crippen molar-refractivity contribution in [3.8, 4) is 0 Å². The van der Waals surface area contributed by atoms with Crippen LogP contribution in [0, 0.1) is 5.92 Å². The lowest BCUT2D eigenvalue weighted by Gasteiger charge is -2.30. The fourth-order valence-electron chi connectivity index (χ4n) is 2.12. The number of carbonyl (C=O) groups excluding carboxylic acids is 1. The van der Waals surface area contributed by atoms with Crippen LogP contribution in [0.3, 0.4) is 0 Å². The Morgan fingerprint density at radius 3 is 2.69 bits per heavy atom. The number of hydrogen-bond acceptors (Lipinski definition) is 3. The van der Waals surface area contributed by atoms with E-state index >= 15 is 0 Å². The summed E-state index contributed by atoms with van der Waals surface area (Å²) in [5.41, 5.74) is 5.95. The molecule has 3 unspecified atom stereocenters. The van der Waals surface area contributed by atoms with Crippen molar-refractivity contribution in [2.24, 2.45) is 11.7 Å². The van der Waals surface area contributed by atoms with Gasteiger partial charge in [-0.25, -0.2) is 0 Å². The van der Waals surface area contributed by atoms with Crippen LogP contribution in [0.4, 0.5) is 0 Å². The zero-order valence-electron chi connectivity index (χ0n) is 10.8. The summed E-state index contributed by atoms with van der Waals surface area (Å²) in [6.07, 6.45) is 1.96. The molecule has 1 rings (SSSR count). The van der Waals surface area contributed by atoms with Crippen molar-refractivity contribution in [3.63, 3.8) is 0 Å². The standard InChI is InChI=1S/C12H24N2O2/c1-5-8(2)11(13)12(15)14(4)10-6-7-16-9(10)3/h8-11H,5-7,13H2,1-4H3/t8?,9?,10?,11-/m0/s1. The van der Waals surface area contributed by atoms with Crippen LogP contribution in [0.5, 0.6) is 0 Å². The highest BCUT2D eigenvalue weighted by atomic mass is 16.5. The van der Waals surface area contributed by atoms with E-state index in [-0.39, 0.29) is 30.0 Å². The maximum Gasteiger partial charge on any atom is 0.239 e. The van der Waals surface area contributed by atoms with Gasteiger partial charge in [-0.15, -0.1) is 0 Å². The molecule has 0 aromatic heterocycles. The first-order chi connectivity index (χ1) is 7.49. The van der Waals surface area contributed by atoms with Gasteiger partial charge in [-0.1, -0.05) is 20.3 Å². The molecule has 0 spiro atoms. The molecule has 0 saturated carbocycles. The summed E-state index contributed by atoms with van der Waals surface area (Å²) in [7, 11) is 1.83. The zero-order chi connectivity index (χ0) is 12.3. The molecule has 94 valence electrons. The number of carbonyl (C=O) groups is 1. The molecule has 1 amide bonds. The van der Waals surface area contributed by atoms with Crippen molar-refractivity contribution >= 4 is 5.91 Å². The molecule has 1 fully saturated rings. The first-order valence-electron chi connectivity index (χ1n) is 6.12. The van der Waals surface area contributed by atoms with E-state index in [1.807, 2.05) is 20.9 Å². The van der Waals surface area contributed by atoms with Crippen molar-refractivity contribution in [2.75, 3.05) is 13.7 Å². The summed E-state index contributed by atoms with van der Waals surface area (Å²) in [5.74, 6) is 0.268. The Labute approximate surface area is 98.1 Å². The predicted octanol–water partition coefficient (Wildman–Crippen LogP) is 0.996. The number of rotatable bonds is 4. The van der Waals surface area contributed by atoms with Gasteiger partial charge < -0.3 is 15.4 Å². The van der Waals surface area contributed by atoms with Gasteiger partial charge in [0.2, 0.25) is 5.91 Å². The second-order valence-corrected chi connectivity index (χ2v) is 4.79. The van der Waals surface area contributed by atoms with Crippen LogP contribution < -0.4 is 5.73 Å². The third-order valence-electron chi connectivity index (χ3n) is 3.72. The van der Waals surface area contributed by atoms with Crippen molar-refractivity contribution in [2.45, 2.75) is 51.8 Å². The molecule has 1 heterocycles. The van der Waals surface area contributed by atoms with Crippen molar-refractivity contribution in [1.29, 1.82) is 0 Å². The Kier molecular flexibility index (Phi) is 4.74. The van der Waals surface area contributed by atoms with Gasteiger partial charge in [0.25, 0.3) is 0 Å². The topological polar surface area (TPSA) is 55.6 Å². The average Bonchev–Trinajstić information content (AvgIpc) is 2.71. The van der Waals surface area contributed by atoms with Crippen molar-refractivity contribution in [3.05, 3.63) is 0 Å². The van der Waals surface area contributed by atoms with E-state index in [2.05, 4.69) is 6.92 Å². The monoisotopic (exact) mass is 228 g/mol. The van der Waals surface area contributed by atoms with E-state index in [0.717, 1.165) is 19.4 Å². The quantitative estimate of drug-likeness (QED) is 0.781. The van der Waals surface area contributed by atoms with E-state index in [9.17, 15) is 4.79 Å². The first kappa shape index (κ1) is 13.5. The lowest BCUT2D eigenvalue weighted by Crippen LogP contribution is -2.50. The Bertz CT molecular complexity index is 245. The maximum atomic E-state index is 12.1. The molecule has 0 aromatic rings. The van der Waals surface area contributed by atoms with Crippen LogP contribution in [0.25, 0.3) is 0 Å². The van der Waals surface area contributed by atoms with Crippen LogP contribution in [0.2, 0.25) is 0 Å². The van der Waals surface area contributed by atoms with E-state index < -0.39 is 0 Å². The van der Waals surface area contributed by atoms with Crippen LogP contribution in [-0.4, -0.2) is 42.6 Å². The molecule has 4 atom stereocenters. The van der Waals surface area contributed by atoms with Crippen LogP contribution >= 0.6 is 0 Å². The number of amides is 1. The van der Waals surface area contributed by atoms with Gasteiger partial charge in [-0.05, 0) is 19.3 Å². The van der Waals surface area contributed by atoms with Crippen molar-refractivity contribution < 1.29 is 9.53 Å². The highest BCUT2D eigenvalue weighted by Gasteiger charge is 2.33. The lowest BCUT2D eigenvalue weighted by atomic mass is 9.98. The van der Waals surface area contributed by atoms with Gasteiger partial charge in [0, 0.05) is 13.7 Å². The lowest BCUT2D eigenvalue weighted by molar-refractivity contribution is -0.135. The summed E-state index contributed by atoms with van der Waals surface area (Å²) in [5, 5.41) is 0. The molecule has 1 aliphatic rings. The molecule has 4 nitrogen and oxygen atoms in total. The van der Waals surface area contributed by atoms with Gasteiger partial charge in [-0.2, -0.15) is 0 Å². The summed E-state index contributed by atoms with van der Waals surface area (Å²) in [6.45, 7) is 6.82. The Morgan fingerprint density at radius 2 is 2.25 bits per heavy atom. The Balaban J connectivity index is 2.59. The number of likely N-dealkylation sites (N-methyl/N-ethyl adjacent to an activating group) is 1. The summed E-state index contributed by atoms with van der Waals surface area (Å²) >= 11 is 0. The number of nitrogens with two attached hydrogens (primary N) is 1. The molecule has 1 aliphatic heterocycles. The molecule has 1 saturated heterocycles.